The van der Waals surface area contributed by atoms with E-state index < -0.39 is 54.7 Å². The molecule has 1 amide bonds. The smallest absolute Gasteiger partial charge is 0.458 e. The molecule has 2 atom stereocenters. The lowest BCUT2D eigenvalue weighted by Gasteiger charge is -2.46. The first-order chi connectivity index (χ1) is 13.0. The molecule has 11 heteroatoms. The standard InChI is InChI=1S/C17H16F7NO3/c18-7-15(8-19)14(27)13(25-5-1-2-12(25)26)10-6-9(3-4-11(10)28-15)16(20,21)17(22,23)24/h3-4,6,13-14,27H,1-2,5,7-8H2/t13-,14+/m0/s1. The average Bonchev–Trinajstić information content (AvgIpc) is 3.05. The molecule has 4 nitrogen and oxygen atoms in total. The quantitative estimate of drug-likeness (QED) is 0.767. The minimum atomic E-state index is -5.88. The van der Waals surface area contributed by atoms with Crippen LogP contribution >= 0.6 is 0 Å². The number of halogens is 7. The molecule has 2 heterocycles. The van der Waals surface area contributed by atoms with Crippen molar-refractivity contribution in [1.82, 2.24) is 4.90 Å². The lowest BCUT2D eigenvalue weighted by atomic mass is 9.83. The van der Waals surface area contributed by atoms with Crippen LogP contribution in [-0.4, -0.2) is 53.7 Å². The van der Waals surface area contributed by atoms with Crippen molar-refractivity contribution in [3.05, 3.63) is 29.3 Å². The Balaban J connectivity index is 2.16. The summed E-state index contributed by atoms with van der Waals surface area (Å²) in [4.78, 5) is 13.1. The van der Waals surface area contributed by atoms with Gasteiger partial charge in [0.25, 0.3) is 0 Å². The molecule has 0 aromatic heterocycles. The summed E-state index contributed by atoms with van der Waals surface area (Å²) in [6, 6.07) is 0.120. The number of hydrogen-bond acceptors (Lipinski definition) is 3. The van der Waals surface area contributed by atoms with Crippen LogP contribution in [0.3, 0.4) is 0 Å². The van der Waals surface area contributed by atoms with Gasteiger partial charge >= 0.3 is 12.1 Å². The Morgan fingerprint density at radius 3 is 2.32 bits per heavy atom. The van der Waals surface area contributed by atoms with Crippen LogP contribution in [0.5, 0.6) is 5.75 Å². The molecule has 0 saturated carbocycles. The number of aliphatic hydroxyl groups excluding tert-OH is 1. The van der Waals surface area contributed by atoms with Crippen LogP contribution in [0.2, 0.25) is 0 Å². The molecule has 1 aromatic rings. The topological polar surface area (TPSA) is 49.8 Å². The molecule has 3 rings (SSSR count). The zero-order valence-electron chi connectivity index (χ0n) is 14.3. The molecule has 2 aliphatic heterocycles. The predicted molar refractivity (Wildman–Crippen MR) is 81.4 cm³/mol. The lowest BCUT2D eigenvalue weighted by molar-refractivity contribution is -0.289. The fourth-order valence-corrected chi connectivity index (χ4v) is 3.52. The van der Waals surface area contributed by atoms with Crippen LogP contribution < -0.4 is 4.74 Å². The summed E-state index contributed by atoms with van der Waals surface area (Å²) in [5, 5.41) is 10.5. The normalized spacial score (nSPS) is 24.9. The van der Waals surface area contributed by atoms with Gasteiger partial charge in [-0.1, -0.05) is 0 Å². The molecule has 156 valence electrons. The number of hydrogen-bond donors (Lipinski definition) is 1. The van der Waals surface area contributed by atoms with Crippen molar-refractivity contribution in [2.45, 2.75) is 42.7 Å². The van der Waals surface area contributed by atoms with Crippen LogP contribution in [0.4, 0.5) is 30.7 Å². The summed E-state index contributed by atoms with van der Waals surface area (Å²) in [6.07, 6.45) is -7.49. The van der Waals surface area contributed by atoms with E-state index in [9.17, 15) is 40.6 Å². The van der Waals surface area contributed by atoms with Gasteiger partial charge < -0.3 is 14.7 Å². The molecule has 1 N–H and O–H groups in total. The Hall–Kier alpha value is -2.04. The Bertz CT molecular complexity index is 764. The third-order valence-electron chi connectivity index (χ3n) is 5.10. The second kappa shape index (κ2) is 6.78. The first-order valence-corrected chi connectivity index (χ1v) is 8.36. The zero-order valence-corrected chi connectivity index (χ0v) is 14.3. The van der Waals surface area contributed by atoms with Gasteiger partial charge in [-0.15, -0.1) is 0 Å². The van der Waals surface area contributed by atoms with Gasteiger partial charge in [0, 0.05) is 24.1 Å². The molecule has 1 aromatic carbocycles. The number of amides is 1. The maximum atomic E-state index is 13.8. The SMILES string of the molecule is O=C1CCCN1[C@H]1c2cc(C(F)(F)C(F)(F)F)ccc2OC(CF)(CF)[C@@H]1O. The van der Waals surface area contributed by atoms with Gasteiger partial charge in [-0.3, -0.25) is 4.79 Å². The third kappa shape index (κ3) is 2.99. The van der Waals surface area contributed by atoms with Gasteiger partial charge in [0.1, 0.15) is 25.2 Å². The highest BCUT2D eigenvalue weighted by molar-refractivity contribution is 5.79. The second-order valence-electron chi connectivity index (χ2n) is 6.84. The van der Waals surface area contributed by atoms with Crippen LogP contribution in [0, 0.1) is 0 Å². The first kappa shape index (κ1) is 20.7. The van der Waals surface area contributed by atoms with Crippen LogP contribution in [0.1, 0.15) is 30.0 Å². The van der Waals surface area contributed by atoms with E-state index in [4.69, 9.17) is 4.74 Å². The van der Waals surface area contributed by atoms with Gasteiger partial charge in [0.15, 0.2) is 5.60 Å². The largest absolute Gasteiger partial charge is 0.479 e. The minimum Gasteiger partial charge on any atom is -0.479 e. The number of carbonyl (C=O) groups excluding carboxylic acids is 1. The highest BCUT2D eigenvalue weighted by Gasteiger charge is 2.60. The maximum absolute atomic E-state index is 13.8. The van der Waals surface area contributed by atoms with Crippen molar-refractivity contribution in [3.63, 3.8) is 0 Å². The van der Waals surface area contributed by atoms with E-state index in [0.29, 0.717) is 18.6 Å². The molecule has 1 fully saturated rings. The molecule has 0 bridgehead atoms. The average molecular weight is 415 g/mol. The number of rotatable bonds is 4. The fourth-order valence-electron chi connectivity index (χ4n) is 3.52. The number of alkyl halides is 7. The van der Waals surface area contributed by atoms with Crippen LogP contribution in [0.15, 0.2) is 18.2 Å². The van der Waals surface area contributed by atoms with E-state index in [0.717, 1.165) is 11.0 Å². The monoisotopic (exact) mass is 415 g/mol. The van der Waals surface area contributed by atoms with Gasteiger partial charge in [0.05, 0.1) is 6.04 Å². The number of benzene rings is 1. The number of carbonyl (C=O) groups is 1. The summed E-state index contributed by atoms with van der Waals surface area (Å²) in [5.41, 5.74) is -4.19. The minimum absolute atomic E-state index is 0.0501. The van der Waals surface area contributed by atoms with Crippen molar-refractivity contribution in [3.8, 4) is 5.75 Å². The summed E-state index contributed by atoms with van der Waals surface area (Å²) < 4.78 is 98.0. The summed E-state index contributed by atoms with van der Waals surface area (Å²) in [6.45, 7) is -2.94. The van der Waals surface area contributed by atoms with E-state index in [2.05, 4.69) is 0 Å². The molecular formula is C17H16F7NO3. The number of aliphatic hydroxyl groups is 1. The van der Waals surface area contributed by atoms with Crippen molar-refractivity contribution in [2.24, 2.45) is 0 Å². The maximum Gasteiger partial charge on any atom is 0.458 e. The van der Waals surface area contributed by atoms with Gasteiger partial charge in [-0.25, -0.2) is 8.78 Å². The molecule has 1 saturated heterocycles. The van der Waals surface area contributed by atoms with Crippen LogP contribution in [0.25, 0.3) is 0 Å². The van der Waals surface area contributed by atoms with Gasteiger partial charge in [-0.05, 0) is 24.6 Å². The van der Waals surface area contributed by atoms with E-state index in [1.54, 1.807) is 0 Å². The second-order valence-corrected chi connectivity index (χ2v) is 6.84. The van der Waals surface area contributed by atoms with Gasteiger partial charge in [-0.2, -0.15) is 22.0 Å². The molecule has 0 aliphatic carbocycles. The highest BCUT2D eigenvalue weighted by atomic mass is 19.4. The van der Waals surface area contributed by atoms with Crippen molar-refractivity contribution in [1.29, 1.82) is 0 Å². The van der Waals surface area contributed by atoms with E-state index in [-0.39, 0.29) is 24.3 Å². The third-order valence-corrected chi connectivity index (χ3v) is 5.10. The number of ether oxygens (including phenoxy) is 1. The molecule has 28 heavy (non-hydrogen) atoms. The molecule has 0 radical (unpaired) electrons. The highest BCUT2D eigenvalue weighted by Crippen LogP contribution is 2.49. The zero-order chi connectivity index (χ0) is 20.9. The Morgan fingerprint density at radius 1 is 1.18 bits per heavy atom. The first-order valence-electron chi connectivity index (χ1n) is 8.36. The van der Waals surface area contributed by atoms with Crippen molar-refractivity contribution < 1.29 is 45.4 Å². The van der Waals surface area contributed by atoms with E-state index >= 15 is 0 Å². The number of likely N-dealkylation sites (tertiary alicyclic amines) is 1. The molecule has 2 aliphatic rings. The Morgan fingerprint density at radius 2 is 1.82 bits per heavy atom. The molecule has 0 spiro atoms. The van der Waals surface area contributed by atoms with Crippen LogP contribution in [-0.2, 0) is 10.7 Å². The number of nitrogens with zero attached hydrogens (tertiary/aromatic N) is 1. The summed E-state index contributed by atoms with van der Waals surface area (Å²) in [5.74, 6) is -6.09. The molecule has 0 unspecified atom stereocenters. The van der Waals surface area contributed by atoms with Crippen molar-refractivity contribution in [2.75, 3.05) is 19.9 Å². The Kier molecular flexibility index (Phi) is 5.01. The summed E-state index contributed by atoms with van der Waals surface area (Å²) >= 11 is 0. The van der Waals surface area contributed by atoms with E-state index in [1.165, 1.54) is 0 Å². The molecular weight excluding hydrogens is 399 g/mol. The number of fused-ring (bicyclic) bond motifs is 1. The summed E-state index contributed by atoms with van der Waals surface area (Å²) in [7, 11) is 0. The predicted octanol–water partition coefficient (Wildman–Crippen LogP) is 3.44. The fraction of sp³-hybridized carbons (Fsp3) is 0.588. The Labute approximate surface area is 154 Å². The van der Waals surface area contributed by atoms with E-state index in [1.807, 2.05) is 0 Å². The van der Waals surface area contributed by atoms with Crippen molar-refractivity contribution >= 4 is 5.91 Å². The van der Waals surface area contributed by atoms with Gasteiger partial charge in [0.2, 0.25) is 5.91 Å². The lowest BCUT2D eigenvalue weighted by Crippen LogP contribution is -2.60.